The van der Waals surface area contributed by atoms with E-state index in [4.69, 9.17) is 4.74 Å². The van der Waals surface area contributed by atoms with Crippen molar-refractivity contribution in [2.24, 2.45) is 5.92 Å². The van der Waals surface area contributed by atoms with Gasteiger partial charge < -0.3 is 4.74 Å². The van der Waals surface area contributed by atoms with Crippen LogP contribution in [0.4, 0.5) is 13.2 Å². The molecule has 4 heteroatoms. The van der Waals surface area contributed by atoms with Crippen LogP contribution >= 0.6 is 0 Å². The Balaban J connectivity index is 1.91. The van der Waals surface area contributed by atoms with Gasteiger partial charge in [0, 0.05) is 12.5 Å². The van der Waals surface area contributed by atoms with Crippen molar-refractivity contribution >= 4 is 0 Å². The number of ether oxygens (including phenoxy) is 1. The maximum absolute atomic E-state index is 13.2. The van der Waals surface area contributed by atoms with Crippen molar-refractivity contribution in [2.45, 2.75) is 45.1 Å². The monoisotopic (exact) mass is 298 g/mol. The standard InChI is InChI=1S/C17H21F3O/c1-2-21-11-12-3-5-13(6-4-12)14-7-9-15(10-8-14)16(18)17(19)20/h3-6,14-15H,2,7-11H2,1H3. The second kappa shape index (κ2) is 7.64. The predicted molar refractivity (Wildman–Crippen MR) is 76.8 cm³/mol. The zero-order valence-corrected chi connectivity index (χ0v) is 12.2. The molecule has 0 N–H and O–H groups in total. The van der Waals surface area contributed by atoms with Crippen molar-refractivity contribution in [3.63, 3.8) is 0 Å². The minimum atomic E-state index is -2.15. The lowest BCUT2D eigenvalue weighted by atomic mass is 9.78. The molecule has 1 fully saturated rings. The highest BCUT2D eigenvalue weighted by Crippen LogP contribution is 2.40. The lowest BCUT2D eigenvalue weighted by Gasteiger charge is -2.27. The van der Waals surface area contributed by atoms with E-state index in [9.17, 15) is 13.2 Å². The zero-order chi connectivity index (χ0) is 15.2. The molecular weight excluding hydrogens is 277 g/mol. The van der Waals surface area contributed by atoms with E-state index in [0.29, 0.717) is 32.0 Å². The Morgan fingerprint density at radius 2 is 1.67 bits per heavy atom. The van der Waals surface area contributed by atoms with E-state index in [1.807, 2.05) is 19.1 Å². The Labute approximate surface area is 123 Å². The second-order valence-electron chi connectivity index (χ2n) is 5.54. The van der Waals surface area contributed by atoms with Crippen LogP contribution in [0.3, 0.4) is 0 Å². The molecule has 1 aliphatic rings. The van der Waals surface area contributed by atoms with Gasteiger partial charge >= 0.3 is 6.08 Å². The molecule has 0 aromatic heterocycles. The molecule has 1 aliphatic carbocycles. The number of rotatable bonds is 5. The van der Waals surface area contributed by atoms with E-state index in [1.165, 1.54) is 5.56 Å². The summed E-state index contributed by atoms with van der Waals surface area (Å²) in [5, 5.41) is 0. The van der Waals surface area contributed by atoms with Gasteiger partial charge in [0.05, 0.1) is 6.61 Å². The van der Waals surface area contributed by atoms with Gasteiger partial charge in [0.25, 0.3) is 0 Å². The minimum Gasteiger partial charge on any atom is -0.377 e. The molecule has 0 radical (unpaired) electrons. The Hall–Kier alpha value is -1.29. The molecule has 1 nitrogen and oxygen atoms in total. The van der Waals surface area contributed by atoms with Gasteiger partial charge in [-0.1, -0.05) is 24.3 Å². The van der Waals surface area contributed by atoms with Crippen LogP contribution in [0.1, 0.15) is 49.7 Å². The fraction of sp³-hybridized carbons (Fsp3) is 0.529. The summed E-state index contributed by atoms with van der Waals surface area (Å²) in [4.78, 5) is 0. The maximum Gasteiger partial charge on any atom is 0.301 e. The summed E-state index contributed by atoms with van der Waals surface area (Å²) < 4.78 is 43.1. The molecule has 2 rings (SSSR count). The molecule has 1 aromatic carbocycles. The van der Waals surface area contributed by atoms with Crippen LogP contribution in [0.25, 0.3) is 0 Å². The smallest absolute Gasteiger partial charge is 0.301 e. The fourth-order valence-electron chi connectivity index (χ4n) is 2.94. The van der Waals surface area contributed by atoms with Gasteiger partial charge in [-0.05, 0) is 49.7 Å². The summed E-state index contributed by atoms with van der Waals surface area (Å²) in [7, 11) is 0. The zero-order valence-electron chi connectivity index (χ0n) is 12.2. The first-order chi connectivity index (χ1) is 10.1. The fourth-order valence-corrected chi connectivity index (χ4v) is 2.94. The Morgan fingerprint density at radius 3 is 2.19 bits per heavy atom. The summed E-state index contributed by atoms with van der Waals surface area (Å²) in [6, 6.07) is 8.22. The summed E-state index contributed by atoms with van der Waals surface area (Å²) in [5.74, 6) is -1.46. The largest absolute Gasteiger partial charge is 0.377 e. The number of allylic oxidation sites excluding steroid dienone is 1. The predicted octanol–water partition coefficient (Wildman–Crippen LogP) is 5.57. The van der Waals surface area contributed by atoms with Crippen LogP contribution < -0.4 is 0 Å². The Bertz CT molecular complexity index is 469. The Kier molecular flexibility index (Phi) is 5.85. The van der Waals surface area contributed by atoms with Gasteiger partial charge in [0.15, 0.2) is 5.83 Å². The number of benzene rings is 1. The molecule has 0 aliphatic heterocycles. The third-order valence-electron chi connectivity index (χ3n) is 4.19. The van der Waals surface area contributed by atoms with Crippen LogP contribution in [0.2, 0.25) is 0 Å². The van der Waals surface area contributed by atoms with Crippen molar-refractivity contribution in [1.82, 2.24) is 0 Å². The molecule has 0 bridgehead atoms. The van der Waals surface area contributed by atoms with Crippen molar-refractivity contribution < 1.29 is 17.9 Å². The molecule has 21 heavy (non-hydrogen) atoms. The van der Waals surface area contributed by atoms with Gasteiger partial charge in [0.2, 0.25) is 0 Å². The Morgan fingerprint density at radius 1 is 1.05 bits per heavy atom. The van der Waals surface area contributed by atoms with Crippen molar-refractivity contribution in [1.29, 1.82) is 0 Å². The van der Waals surface area contributed by atoms with E-state index >= 15 is 0 Å². The number of hydrogen-bond donors (Lipinski definition) is 0. The number of halogens is 3. The lowest BCUT2D eigenvalue weighted by Crippen LogP contribution is -2.14. The molecule has 0 amide bonds. The molecule has 0 heterocycles. The first-order valence-corrected chi connectivity index (χ1v) is 7.49. The van der Waals surface area contributed by atoms with E-state index in [2.05, 4.69) is 12.1 Å². The highest BCUT2D eigenvalue weighted by Gasteiger charge is 2.27. The summed E-state index contributed by atoms with van der Waals surface area (Å²) in [6.07, 6.45) is 0.355. The van der Waals surface area contributed by atoms with Crippen LogP contribution in [-0.2, 0) is 11.3 Å². The van der Waals surface area contributed by atoms with Crippen molar-refractivity contribution in [3.8, 4) is 0 Å². The highest BCUT2D eigenvalue weighted by molar-refractivity contribution is 5.25. The second-order valence-corrected chi connectivity index (χ2v) is 5.54. The topological polar surface area (TPSA) is 9.23 Å². The first-order valence-electron chi connectivity index (χ1n) is 7.49. The van der Waals surface area contributed by atoms with E-state index in [-0.39, 0.29) is 0 Å². The normalized spacial score (nSPS) is 22.1. The van der Waals surface area contributed by atoms with Gasteiger partial charge in [0.1, 0.15) is 0 Å². The molecule has 0 unspecified atom stereocenters. The molecule has 1 saturated carbocycles. The third-order valence-corrected chi connectivity index (χ3v) is 4.19. The van der Waals surface area contributed by atoms with Crippen molar-refractivity contribution in [3.05, 3.63) is 47.3 Å². The average Bonchev–Trinajstić information content (AvgIpc) is 2.53. The van der Waals surface area contributed by atoms with Crippen molar-refractivity contribution in [2.75, 3.05) is 6.61 Å². The molecule has 0 spiro atoms. The van der Waals surface area contributed by atoms with Gasteiger partial charge in [-0.2, -0.15) is 8.78 Å². The van der Waals surface area contributed by atoms with E-state index in [0.717, 1.165) is 18.4 Å². The van der Waals surface area contributed by atoms with Crippen LogP contribution in [0.15, 0.2) is 36.2 Å². The molecule has 116 valence electrons. The average molecular weight is 298 g/mol. The summed E-state index contributed by atoms with van der Waals surface area (Å²) >= 11 is 0. The van der Waals surface area contributed by atoms with E-state index < -0.39 is 17.8 Å². The summed E-state index contributed by atoms with van der Waals surface area (Å²) in [5.41, 5.74) is 2.33. The molecular formula is C17H21F3O. The third kappa shape index (κ3) is 4.34. The first kappa shape index (κ1) is 16.1. The van der Waals surface area contributed by atoms with Gasteiger partial charge in [-0.15, -0.1) is 0 Å². The molecule has 0 atom stereocenters. The SMILES string of the molecule is CCOCc1ccc(C2CCC(C(F)=C(F)F)CC2)cc1. The minimum absolute atomic E-state index is 0.345. The van der Waals surface area contributed by atoms with Crippen LogP contribution in [0.5, 0.6) is 0 Å². The van der Waals surface area contributed by atoms with Crippen LogP contribution in [-0.4, -0.2) is 6.61 Å². The maximum atomic E-state index is 13.2. The number of hydrogen-bond acceptors (Lipinski definition) is 1. The lowest BCUT2D eigenvalue weighted by molar-refractivity contribution is 0.134. The molecule has 0 saturated heterocycles. The quantitative estimate of drug-likeness (QED) is 0.690. The van der Waals surface area contributed by atoms with Crippen LogP contribution in [0, 0.1) is 5.92 Å². The van der Waals surface area contributed by atoms with E-state index in [1.54, 1.807) is 0 Å². The van der Waals surface area contributed by atoms with Gasteiger partial charge in [-0.3, -0.25) is 0 Å². The summed E-state index contributed by atoms with van der Waals surface area (Å²) in [6.45, 7) is 3.26. The highest BCUT2D eigenvalue weighted by atomic mass is 19.3. The van der Waals surface area contributed by atoms with Gasteiger partial charge in [-0.25, -0.2) is 4.39 Å². The molecule has 1 aromatic rings.